The van der Waals surface area contributed by atoms with E-state index in [1.54, 1.807) is 0 Å². The van der Waals surface area contributed by atoms with Gasteiger partial charge in [-0.2, -0.15) is 0 Å². The van der Waals surface area contributed by atoms with Gasteiger partial charge in [-0.25, -0.2) is 0 Å². The molecule has 0 amide bonds. The summed E-state index contributed by atoms with van der Waals surface area (Å²) in [4.78, 5) is 37.8. The third kappa shape index (κ3) is 44.6. The van der Waals surface area contributed by atoms with Crippen molar-refractivity contribution < 1.29 is 28.6 Å². The molecule has 0 saturated carbocycles. The zero-order valence-corrected chi connectivity index (χ0v) is 37.9. The van der Waals surface area contributed by atoms with Gasteiger partial charge in [0.25, 0.3) is 0 Å². The molecule has 0 aliphatic carbocycles. The highest BCUT2D eigenvalue weighted by Crippen LogP contribution is 2.11. The van der Waals surface area contributed by atoms with Crippen LogP contribution in [0.5, 0.6) is 0 Å². The number of allylic oxidation sites excluding steroid dienone is 22. The maximum atomic E-state index is 12.7. The molecule has 0 spiro atoms. The molecule has 0 aromatic carbocycles. The first-order valence-corrected chi connectivity index (χ1v) is 23.3. The number of carbonyl (C=O) groups excluding carboxylic acids is 3. The molecular formula is C54H82O6. The predicted molar refractivity (Wildman–Crippen MR) is 256 cm³/mol. The van der Waals surface area contributed by atoms with Crippen molar-refractivity contribution in [2.24, 2.45) is 0 Å². The van der Waals surface area contributed by atoms with Gasteiger partial charge in [0.1, 0.15) is 13.2 Å². The third-order valence-electron chi connectivity index (χ3n) is 9.01. The van der Waals surface area contributed by atoms with E-state index in [0.29, 0.717) is 12.8 Å². The van der Waals surface area contributed by atoms with Gasteiger partial charge in [0.15, 0.2) is 6.10 Å². The zero-order chi connectivity index (χ0) is 43.7. The van der Waals surface area contributed by atoms with Crippen molar-refractivity contribution in [2.45, 2.75) is 175 Å². The average Bonchev–Trinajstić information content (AvgIpc) is 3.24. The second-order valence-electron chi connectivity index (χ2n) is 14.7. The van der Waals surface area contributed by atoms with E-state index in [1.807, 2.05) is 36.5 Å². The van der Waals surface area contributed by atoms with Crippen LogP contribution >= 0.6 is 0 Å². The van der Waals surface area contributed by atoms with Crippen LogP contribution in [0.4, 0.5) is 0 Å². The zero-order valence-electron chi connectivity index (χ0n) is 37.9. The first kappa shape index (κ1) is 55.5. The Labute approximate surface area is 366 Å². The standard InChI is InChI=1S/C54H82O6/c1-4-7-10-13-16-19-22-24-26-28-29-32-35-38-41-44-47-53(56)59-50-51(49-58-52(55)46-43-40-37-34-31-21-18-15-12-9-6-3)60-54(57)48-45-42-39-36-33-30-27-25-23-20-17-14-11-8-5-2/h7-8,10-11,14-21,23-27,29,31-32,38,41,51H,4-6,9,12-13,22,28,30,33-37,39-40,42-50H2,1-3H3/b10-7-,11-8-,17-14-,18-15-,19-16-,23-20-,26-24-,27-25-,31-21-,32-29-,41-38-. The van der Waals surface area contributed by atoms with Gasteiger partial charge in [-0.1, -0.05) is 193 Å². The fourth-order valence-electron chi connectivity index (χ4n) is 5.53. The number of hydrogen-bond donors (Lipinski definition) is 0. The highest BCUT2D eigenvalue weighted by Gasteiger charge is 2.19. The van der Waals surface area contributed by atoms with Crippen LogP contribution in [0.3, 0.4) is 0 Å². The smallest absolute Gasteiger partial charge is 0.306 e. The Kier molecular flexibility index (Phi) is 43.7. The normalized spacial score (nSPS) is 13.3. The monoisotopic (exact) mass is 827 g/mol. The average molecular weight is 827 g/mol. The molecular weight excluding hydrogens is 745 g/mol. The summed E-state index contributed by atoms with van der Waals surface area (Å²) in [5.74, 6) is -1.08. The van der Waals surface area contributed by atoms with Gasteiger partial charge in [-0.15, -0.1) is 0 Å². The van der Waals surface area contributed by atoms with E-state index in [9.17, 15) is 14.4 Å². The largest absolute Gasteiger partial charge is 0.462 e. The summed E-state index contributed by atoms with van der Waals surface area (Å²) in [6.45, 7) is 6.18. The van der Waals surface area contributed by atoms with Crippen LogP contribution in [0.1, 0.15) is 168 Å². The molecule has 0 aromatic rings. The number of rotatable bonds is 39. The molecule has 334 valence electrons. The third-order valence-corrected chi connectivity index (χ3v) is 9.01. The van der Waals surface area contributed by atoms with Gasteiger partial charge in [0.05, 0.1) is 0 Å². The Morgan fingerprint density at radius 1 is 0.367 bits per heavy atom. The summed E-state index contributed by atoms with van der Waals surface area (Å²) in [6.07, 6.45) is 65.9. The summed E-state index contributed by atoms with van der Waals surface area (Å²) in [7, 11) is 0. The Morgan fingerprint density at radius 2 is 0.767 bits per heavy atom. The molecule has 0 radical (unpaired) electrons. The summed E-state index contributed by atoms with van der Waals surface area (Å²) in [5.41, 5.74) is 0. The lowest BCUT2D eigenvalue weighted by atomic mass is 10.1. The van der Waals surface area contributed by atoms with Crippen LogP contribution in [-0.2, 0) is 28.6 Å². The van der Waals surface area contributed by atoms with Gasteiger partial charge in [-0.3, -0.25) is 14.4 Å². The Hall–Kier alpha value is -4.45. The molecule has 0 aromatic heterocycles. The van der Waals surface area contributed by atoms with E-state index in [4.69, 9.17) is 14.2 Å². The van der Waals surface area contributed by atoms with Gasteiger partial charge >= 0.3 is 17.9 Å². The Morgan fingerprint density at radius 3 is 1.32 bits per heavy atom. The van der Waals surface area contributed by atoms with Crippen LogP contribution in [0.2, 0.25) is 0 Å². The summed E-state index contributed by atoms with van der Waals surface area (Å²) >= 11 is 0. The van der Waals surface area contributed by atoms with Gasteiger partial charge in [-0.05, 0) is 89.9 Å². The molecule has 0 rings (SSSR count). The van der Waals surface area contributed by atoms with Crippen molar-refractivity contribution in [1.82, 2.24) is 0 Å². The van der Waals surface area contributed by atoms with Gasteiger partial charge in [0, 0.05) is 19.3 Å². The SMILES string of the molecule is CC\C=C/C=C\C=C/C=C\CCCCCCCC(=O)OC(COC(=O)CC/C=C\C/C=C\C/C=C\C/C=C\C/C=C\CC)COC(=O)CCCCC/C=C\C=C/CCCC. The van der Waals surface area contributed by atoms with Gasteiger partial charge < -0.3 is 14.2 Å². The van der Waals surface area contributed by atoms with E-state index >= 15 is 0 Å². The van der Waals surface area contributed by atoms with Crippen molar-refractivity contribution in [1.29, 1.82) is 0 Å². The number of ether oxygens (including phenoxy) is 3. The van der Waals surface area contributed by atoms with Gasteiger partial charge in [0.2, 0.25) is 0 Å². The van der Waals surface area contributed by atoms with Crippen LogP contribution < -0.4 is 0 Å². The molecule has 0 fully saturated rings. The summed E-state index contributed by atoms with van der Waals surface area (Å²) in [5, 5.41) is 0. The highest BCUT2D eigenvalue weighted by atomic mass is 16.6. The molecule has 6 heteroatoms. The quantitative estimate of drug-likeness (QED) is 0.0202. The van der Waals surface area contributed by atoms with Crippen molar-refractivity contribution in [2.75, 3.05) is 13.2 Å². The number of carbonyl (C=O) groups is 3. The van der Waals surface area contributed by atoms with Crippen LogP contribution in [0, 0.1) is 0 Å². The molecule has 0 heterocycles. The lowest BCUT2D eigenvalue weighted by molar-refractivity contribution is -0.166. The fourth-order valence-corrected chi connectivity index (χ4v) is 5.53. The fraction of sp³-hybridized carbons (Fsp3) is 0.537. The lowest BCUT2D eigenvalue weighted by Crippen LogP contribution is -2.30. The van der Waals surface area contributed by atoms with E-state index in [2.05, 4.69) is 118 Å². The van der Waals surface area contributed by atoms with Crippen molar-refractivity contribution in [3.05, 3.63) is 134 Å². The maximum Gasteiger partial charge on any atom is 0.306 e. The number of unbranched alkanes of at least 4 members (excludes halogenated alkanes) is 10. The molecule has 0 saturated heterocycles. The summed E-state index contributed by atoms with van der Waals surface area (Å²) in [6, 6.07) is 0. The highest BCUT2D eigenvalue weighted by molar-refractivity contribution is 5.71. The molecule has 0 N–H and O–H groups in total. The second kappa shape index (κ2) is 47.2. The predicted octanol–water partition coefficient (Wildman–Crippen LogP) is 15.1. The van der Waals surface area contributed by atoms with Crippen LogP contribution in [0.15, 0.2) is 134 Å². The first-order chi connectivity index (χ1) is 29.5. The van der Waals surface area contributed by atoms with Crippen molar-refractivity contribution in [3.8, 4) is 0 Å². The number of hydrogen-bond acceptors (Lipinski definition) is 6. The Balaban J connectivity index is 4.61. The molecule has 0 aliphatic rings. The minimum atomic E-state index is -0.834. The van der Waals surface area contributed by atoms with Crippen LogP contribution in [-0.4, -0.2) is 37.2 Å². The van der Waals surface area contributed by atoms with Crippen molar-refractivity contribution >= 4 is 17.9 Å². The van der Waals surface area contributed by atoms with Crippen molar-refractivity contribution in [3.63, 3.8) is 0 Å². The molecule has 60 heavy (non-hydrogen) atoms. The second-order valence-corrected chi connectivity index (χ2v) is 14.7. The van der Waals surface area contributed by atoms with E-state index in [-0.39, 0.29) is 44.0 Å². The maximum absolute atomic E-state index is 12.7. The molecule has 6 nitrogen and oxygen atoms in total. The van der Waals surface area contributed by atoms with E-state index in [1.165, 1.54) is 12.8 Å². The minimum absolute atomic E-state index is 0.130. The van der Waals surface area contributed by atoms with E-state index in [0.717, 1.165) is 109 Å². The van der Waals surface area contributed by atoms with E-state index < -0.39 is 6.10 Å². The molecule has 0 bridgehead atoms. The minimum Gasteiger partial charge on any atom is -0.462 e. The topological polar surface area (TPSA) is 78.9 Å². The number of esters is 3. The lowest BCUT2D eigenvalue weighted by Gasteiger charge is -2.18. The van der Waals surface area contributed by atoms with Crippen LogP contribution in [0.25, 0.3) is 0 Å². The first-order valence-electron chi connectivity index (χ1n) is 23.3. The summed E-state index contributed by atoms with van der Waals surface area (Å²) < 4.78 is 16.6. The molecule has 1 unspecified atom stereocenters. The molecule has 1 atom stereocenters. The molecule has 0 aliphatic heterocycles. The Bertz CT molecular complexity index is 1370.